The van der Waals surface area contributed by atoms with Gasteiger partial charge in [-0.05, 0) is 57.0 Å². The Balaban J connectivity index is 0.00000166. The summed E-state index contributed by atoms with van der Waals surface area (Å²) in [6.45, 7) is 10.9. The highest BCUT2D eigenvalue weighted by Gasteiger charge is 2.24. The standard InChI is InChI=1S/C23H25FN2O3.C2H6/c1-14(25-22(28)29-23(2,3)4)21-20(15-8-6-5-7-9-15)18(13-27)17-12-16(24)10-11-19(17)26-21;1-2/h5-12,14,27H,13H2,1-4H3,(H,25,28);1-2H3. The molecule has 0 aliphatic heterocycles. The summed E-state index contributed by atoms with van der Waals surface area (Å²) in [5.74, 6) is -0.402. The van der Waals surface area contributed by atoms with Crippen molar-refractivity contribution in [2.24, 2.45) is 0 Å². The van der Waals surface area contributed by atoms with Gasteiger partial charge in [0, 0.05) is 10.9 Å². The number of pyridine rings is 1. The van der Waals surface area contributed by atoms with Gasteiger partial charge in [-0.1, -0.05) is 44.2 Å². The maximum absolute atomic E-state index is 13.9. The van der Waals surface area contributed by atoms with Crippen LogP contribution in [0, 0.1) is 5.82 Å². The number of ether oxygens (including phenoxy) is 1. The van der Waals surface area contributed by atoms with Crippen LogP contribution in [0.3, 0.4) is 0 Å². The molecule has 0 bridgehead atoms. The zero-order valence-electron chi connectivity index (χ0n) is 19.0. The van der Waals surface area contributed by atoms with E-state index in [1.807, 2.05) is 44.2 Å². The number of hydrogen-bond acceptors (Lipinski definition) is 4. The zero-order valence-corrected chi connectivity index (χ0v) is 19.0. The number of carbonyl (C=O) groups is 1. The topological polar surface area (TPSA) is 71.5 Å². The molecule has 2 aromatic carbocycles. The van der Waals surface area contributed by atoms with E-state index in [4.69, 9.17) is 9.72 Å². The van der Waals surface area contributed by atoms with Crippen LogP contribution in [0.25, 0.3) is 22.0 Å². The van der Waals surface area contributed by atoms with Gasteiger partial charge in [-0.2, -0.15) is 0 Å². The first-order valence-corrected chi connectivity index (χ1v) is 10.5. The average molecular weight is 427 g/mol. The van der Waals surface area contributed by atoms with Crippen LogP contribution in [0.4, 0.5) is 9.18 Å². The molecule has 0 saturated heterocycles. The van der Waals surface area contributed by atoms with E-state index in [9.17, 15) is 14.3 Å². The molecule has 3 aromatic rings. The first-order valence-electron chi connectivity index (χ1n) is 10.5. The summed E-state index contributed by atoms with van der Waals surface area (Å²) in [4.78, 5) is 17.0. The van der Waals surface area contributed by atoms with Crippen LogP contribution in [0.15, 0.2) is 48.5 Å². The minimum Gasteiger partial charge on any atom is -0.444 e. The minimum absolute atomic E-state index is 0.293. The first-order chi connectivity index (χ1) is 14.7. The van der Waals surface area contributed by atoms with E-state index >= 15 is 0 Å². The highest BCUT2D eigenvalue weighted by atomic mass is 19.1. The Morgan fingerprint density at radius 2 is 1.81 bits per heavy atom. The number of fused-ring (bicyclic) bond motifs is 1. The summed E-state index contributed by atoms with van der Waals surface area (Å²) in [6.07, 6.45) is -0.560. The number of aliphatic hydroxyl groups is 1. The third-order valence-corrected chi connectivity index (χ3v) is 4.45. The molecular formula is C25H31FN2O3. The molecule has 0 spiro atoms. The normalized spacial score (nSPS) is 12.0. The summed E-state index contributed by atoms with van der Waals surface area (Å²) in [5, 5.41) is 13.5. The van der Waals surface area contributed by atoms with Crippen molar-refractivity contribution in [1.29, 1.82) is 0 Å². The molecule has 2 N–H and O–H groups in total. The van der Waals surface area contributed by atoms with E-state index < -0.39 is 23.6 Å². The molecule has 0 aliphatic carbocycles. The van der Waals surface area contributed by atoms with Crippen LogP contribution < -0.4 is 5.32 Å². The lowest BCUT2D eigenvalue weighted by Crippen LogP contribution is -2.34. The van der Waals surface area contributed by atoms with Crippen LogP contribution in [0.1, 0.15) is 58.8 Å². The Bertz CT molecular complexity index is 1030. The largest absolute Gasteiger partial charge is 0.444 e. The summed E-state index contributed by atoms with van der Waals surface area (Å²) >= 11 is 0. The van der Waals surface area contributed by atoms with Crippen LogP contribution >= 0.6 is 0 Å². The number of carbonyl (C=O) groups excluding carboxylic acids is 1. The molecule has 0 fully saturated rings. The van der Waals surface area contributed by atoms with Crippen molar-refractivity contribution in [2.45, 2.75) is 59.8 Å². The van der Waals surface area contributed by atoms with Crippen LogP contribution in [-0.4, -0.2) is 21.8 Å². The number of alkyl carbamates (subject to hydrolysis) is 1. The predicted molar refractivity (Wildman–Crippen MR) is 122 cm³/mol. The Morgan fingerprint density at radius 3 is 2.39 bits per heavy atom. The van der Waals surface area contributed by atoms with Crippen molar-refractivity contribution >= 4 is 17.0 Å². The van der Waals surface area contributed by atoms with Gasteiger partial charge in [0.2, 0.25) is 0 Å². The molecule has 6 heteroatoms. The van der Waals surface area contributed by atoms with Gasteiger partial charge >= 0.3 is 6.09 Å². The fourth-order valence-electron chi connectivity index (χ4n) is 3.28. The molecule has 1 amide bonds. The third kappa shape index (κ3) is 6.01. The number of nitrogens with zero attached hydrogens (tertiary/aromatic N) is 1. The Labute approximate surface area is 183 Å². The number of aromatic nitrogens is 1. The average Bonchev–Trinajstić information content (AvgIpc) is 2.73. The molecule has 1 aromatic heterocycles. The Hall–Kier alpha value is -2.99. The Morgan fingerprint density at radius 1 is 1.16 bits per heavy atom. The second kappa shape index (κ2) is 10.4. The van der Waals surface area contributed by atoms with Crippen molar-refractivity contribution in [1.82, 2.24) is 10.3 Å². The summed E-state index contributed by atoms with van der Waals surface area (Å²) in [6, 6.07) is 13.2. The molecule has 166 valence electrons. The van der Waals surface area contributed by atoms with Gasteiger partial charge in [-0.25, -0.2) is 14.2 Å². The smallest absolute Gasteiger partial charge is 0.408 e. The number of hydrogen-bond donors (Lipinski definition) is 2. The van der Waals surface area contributed by atoms with Crippen molar-refractivity contribution in [2.75, 3.05) is 0 Å². The monoisotopic (exact) mass is 426 g/mol. The maximum atomic E-state index is 13.9. The van der Waals surface area contributed by atoms with Gasteiger partial charge in [0.25, 0.3) is 0 Å². The second-order valence-corrected chi connectivity index (χ2v) is 7.90. The molecule has 0 aliphatic rings. The SMILES string of the molecule is CC.CC(NC(=O)OC(C)(C)C)c1nc2ccc(F)cc2c(CO)c1-c1ccccc1. The fourth-order valence-corrected chi connectivity index (χ4v) is 3.28. The van der Waals surface area contributed by atoms with Gasteiger partial charge in [-0.3, -0.25) is 0 Å². The van der Waals surface area contributed by atoms with Gasteiger partial charge in [0.1, 0.15) is 11.4 Å². The van der Waals surface area contributed by atoms with Crippen LogP contribution in [-0.2, 0) is 11.3 Å². The molecule has 1 unspecified atom stereocenters. The van der Waals surface area contributed by atoms with Gasteiger partial charge in [-0.15, -0.1) is 0 Å². The predicted octanol–water partition coefficient (Wildman–Crippen LogP) is 6.15. The van der Waals surface area contributed by atoms with E-state index in [1.54, 1.807) is 33.8 Å². The number of aliphatic hydroxyl groups excluding tert-OH is 1. The molecule has 5 nitrogen and oxygen atoms in total. The van der Waals surface area contributed by atoms with E-state index in [-0.39, 0.29) is 6.61 Å². The zero-order chi connectivity index (χ0) is 23.2. The lowest BCUT2D eigenvalue weighted by Gasteiger charge is -2.24. The summed E-state index contributed by atoms with van der Waals surface area (Å²) in [7, 11) is 0. The molecule has 1 atom stereocenters. The minimum atomic E-state index is -0.628. The highest BCUT2D eigenvalue weighted by Crippen LogP contribution is 2.35. The van der Waals surface area contributed by atoms with Gasteiger partial charge in [0.15, 0.2) is 0 Å². The van der Waals surface area contributed by atoms with Gasteiger partial charge < -0.3 is 15.2 Å². The van der Waals surface area contributed by atoms with Crippen LogP contribution in [0.2, 0.25) is 0 Å². The second-order valence-electron chi connectivity index (χ2n) is 7.90. The fraction of sp³-hybridized carbons (Fsp3) is 0.360. The van der Waals surface area contributed by atoms with Crippen molar-refractivity contribution in [3.63, 3.8) is 0 Å². The number of benzene rings is 2. The molecule has 3 rings (SSSR count). The molecule has 0 radical (unpaired) electrons. The third-order valence-electron chi connectivity index (χ3n) is 4.45. The van der Waals surface area contributed by atoms with E-state index in [0.717, 1.165) is 5.56 Å². The molecular weight excluding hydrogens is 395 g/mol. The van der Waals surface area contributed by atoms with Crippen molar-refractivity contribution < 1.29 is 19.0 Å². The van der Waals surface area contributed by atoms with E-state index in [0.29, 0.717) is 27.7 Å². The maximum Gasteiger partial charge on any atom is 0.408 e. The quantitative estimate of drug-likeness (QED) is 0.525. The van der Waals surface area contributed by atoms with Crippen molar-refractivity contribution in [3.05, 3.63) is 65.6 Å². The lowest BCUT2D eigenvalue weighted by molar-refractivity contribution is 0.0507. The summed E-state index contributed by atoms with van der Waals surface area (Å²) in [5.41, 5.74) is 2.55. The van der Waals surface area contributed by atoms with Crippen LogP contribution in [0.5, 0.6) is 0 Å². The highest BCUT2D eigenvalue weighted by molar-refractivity contribution is 5.90. The number of rotatable bonds is 4. The summed E-state index contributed by atoms with van der Waals surface area (Å²) < 4.78 is 19.3. The lowest BCUT2D eigenvalue weighted by atomic mass is 9.92. The number of nitrogens with one attached hydrogen (secondary N) is 1. The molecule has 1 heterocycles. The Kier molecular flexibility index (Phi) is 8.11. The number of amides is 1. The van der Waals surface area contributed by atoms with E-state index in [2.05, 4.69) is 5.32 Å². The van der Waals surface area contributed by atoms with E-state index in [1.165, 1.54) is 12.1 Å². The molecule has 0 saturated carbocycles. The first kappa shape index (κ1) is 24.3. The number of halogens is 1. The van der Waals surface area contributed by atoms with Crippen molar-refractivity contribution in [3.8, 4) is 11.1 Å². The molecule has 31 heavy (non-hydrogen) atoms. The van der Waals surface area contributed by atoms with Gasteiger partial charge in [0.05, 0.1) is 23.9 Å².